The molecule has 0 atom stereocenters. The van der Waals surface area contributed by atoms with Gasteiger partial charge in [-0.3, -0.25) is 9.59 Å². The number of thioether (sulfide) groups is 1. The second kappa shape index (κ2) is 9.62. The SMILES string of the molecule is O=C(CCSc1ccccc1Br)N1CCN(C(=O)c2cccc(Cl)c2)CC1. The Morgan fingerprint density at radius 3 is 2.41 bits per heavy atom. The number of hydrogen-bond donors (Lipinski definition) is 0. The molecule has 0 unspecified atom stereocenters. The number of piperazine rings is 1. The number of benzene rings is 2. The van der Waals surface area contributed by atoms with Crippen LogP contribution in [0.15, 0.2) is 57.9 Å². The van der Waals surface area contributed by atoms with Crippen LogP contribution >= 0.6 is 39.3 Å². The monoisotopic (exact) mass is 466 g/mol. The number of halogens is 2. The molecule has 4 nitrogen and oxygen atoms in total. The van der Waals surface area contributed by atoms with Crippen LogP contribution in [0, 0.1) is 0 Å². The molecule has 142 valence electrons. The normalized spacial score (nSPS) is 14.3. The van der Waals surface area contributed by atoms with Crippen molar-refractivity contribution >= 4 is 51.1 Å². The summed E-state index contributed by atoms with van der Waals surface area (Å²) in [6, 6.07) is 15.0. The molecule has 3 rings (SSSR count). The zero-order valence-corrected chi connectivity index (χ0v) is 17.9. The molecule has 2 amide bonds. The van der Waals surface area contributed by atoms with E-state index in [1.165, 1.54) is 0 Å². The largest absolute Gasteiger partial charge is 0.339 e. The van der Waals surface area contributed by atoms with Gasteiger partial charge in [-0.2, -0.15) is 0 Å². The Labute approximate surface area is 177 Å². The fourth-order valence-corrected chi connectivity index (χ4v) is 4.63. The number of hydrogen-bond acceptors (Lipinski definition) is 3. The average molecular weight is 468 g/mol. The molecule has 1 aliphatic rings. The van der Waals surface area contributed by atoms with Gasteiger partial charge in [0.2, 0.25) is 5.91 Å². The molecule has 1 heterocycles. The zero-order chi connectivity index (χ0) is 19.2. The van der Waals surface area contributed by atoms with Crippen LogP contribution in [0.2, 0.25) is 5.02 Å². The fourth-order valence-electron chi connectivity index (χ4n) is 2.93. The van der Waals surface area contributed by atoms with Crippen LogP contribution in [0.3, 0.4) is 0 Å². The predicted octanol–water partition coefficient (Wildman–Crippen LogP) is 4.57. The molecule has 0 spiro atoms. The van der Waals surface area contributed by atoms with E-state index in [9.17, 15) is 9.59 Å². The third-order valence-electron chi connectivity index (χ3n) is 4.40. The van der Waals surface area contributed by atoms with Crippen molar-refractivity contribution < 1.29 is 9.59 Å². The van der Waals surface area contributed by atoms with E-state index < -0.39 is 0 Å². The van der Waals surface area contributed by atoms with E-state index in [-0.39, 0.29) is 11.8 Å². The van der Waals surface area contributed by atoms with E-state index in [1.807, 2.05) is 29.2 Å². The molecular formula is C20H20BrClN2O2S. The maximum Gasteiger partial charge on any atom is 0.254 e. The van der Waals surface area contributed by atoms with Crippen LogP contribution < -0.4 is 0 Å². The van der Waals surface area contributed by atoms with Crippen LogP contribution in [-0.4, -0.2) is 53.5 Å². The smallest absolute Gasteiger partial charge is 0.254 e. The maximum absolute atomic E-state index is 12.5. The van der Waals surface area contributed by atoms with Gasteiger partial charge in [-0.05, 0) is 46.3 Å². The number of rotatable bonds is 5. The third-order valence-corrected chi connectivity index (χ3v) is 6.67. The third kappa shape index (κ3) is 5.50. The number of carbonyl (C=O) groups excluding carboxylic acids is 2. The minimum absolute atomic E-state index is 0.0333. The van der Waals surface area contributed by atoms with Crippen molar-refractivity contribution in [2.75, 3.05) is 31.9 Å². The lowest BCUT2D eigenvalue weighted by atomic mass is 10.2. The van der Waals surface area contributed by atoms with Gasteiger partial charge in [-0.1, -0.05) is 29.8 Å². The average Bonchev–Trinajstić information content (AvgIpc) is 2.69. The van der Waals surface area contributed by atoms with Gasteiger partial charge in [-0.15, -0.1) is 11.8 Å². The summed E-state index contributed by atoms with van der Waals surface area (Å²) in [5, 5.41) is 0.553. The Hall–Kier alpha value is -1.50. The Kier molecular flexibility index (Phi) is 7.21. The first-order valence-electron chi connectivity index (χ1n) is 8.74. The molecule has 1 saturated heterocycles. The van der Waals surface area contributed by atoms with Gasteiger partial charge in [0, 0.05) is 58.3 Å². The second-order valence-corrected chi connectivity index (χ2v) is 8.64. The van der Waals surface area contributed by atoms with Crippen LogP contribution in [0.25, 0.3) is 0 Å². The Balaban J connectivity index is 1.45. The summed E-state index contributed by atoms with van der Waals surface area (Å²) in [6.45, 7) is 2.25. The van der Waals surface area contributed by atoms with Crippen molar-refractivity contribution in [3.8, 4) is 0 Å². The molecule has 0 saturated carbocycles. The van der Waals surface area contributed by atoms with Crippen molar-refractivity contribution in [1.29, 1.82) is 0 Å². The number of nitrogens with zero attached hydrogens (tertiary/aromatic N) is 2. The molecule has 1 aliphatic heterocycles. The quantitative estimate of drug-likeness (QED) is 0.605. The number of carbonyl (C=O) groups is 2. The van der Waals surface area contributed by atoms with Crippen LogP contribution in [0.1, 0.15) is 16.8 Å². The summed E-state index contributed by atoms with van der Waals surface area (Å²) in [5.74, 6) is 0.849. The molecule has 0 aliphatic carbocycles. The first kappa shape index (κ1) is 20.2. The van der Waals surface area contributed by atoms with E-state index in [2.05, 4.69) is 15.9 Å². The summed E-state index contributed by atoms with van der Waals surface area (Å²) in [7, 11) is 0. The topological polar surface area (TPSA) is 40.6 Å². The zero-order valence-electron chi connectivity index (χ0n) is 14.7. The van der Waals surface area contributed by atoms with Gasteiger partial charge in [-0.25, -0.2) is 0 Å². The highest BCUT2D eigenvalue weighted by molar-refractivity contribution is 9.10. The molecule has 2 aromatic carbocycles. The van der Waals surface area contributed by atoms with Crippen molar-refractivity contribution in [2.45, 2.75) is 11.3 Å². The van der Waals surface area contributed by atoms with Crippen molar-refractivity contribution in [3.05, 3.63) is 63.6 Å². The van der Waals surface area contributed by atoms with Crippen LogP contribution in [0.5, 0.6) is 0 Å². The summed E-state index contributed by atoms with van der Waals surface area (Å²) in [5.41, 5.74) is 0.590. The second-order valence-electron chi connectivity index (χ2n) is 6.21. The minimum atomic E-state index is -0.0333. The van der Waals surface area contributed by atoms with Crippen LogP contribution in [-0.2, 0) is 4.79 Å². The van der Waals surface area contributed by atoms with Gasteiger partial charge >= 0.3 is 0 Å². The highest BCUT2D eigenvalue weighted by Crippen LogP contribution is 2.27. The maximum atomic E-state index is 12.5. The molecular weight excluding hydrogens is 448 g/mol. The fraction of sp³-hybridized carbons (Fsp3) is 0.300. The Morgan fingerprint density at radius 1 is 1.00 bits per heavy atom. The summed E-state index contributed by atoms with van der Waals surface area (Å²) < 4.78 is 1.05. The summed E-state index contributed by atoms with van der Waals surface area (Å²) in [6.07, 6.45) is 0.494. The summed E-state index contributed by atoms with van der Waals surface area (Å²) in [4.78, 5) is 29.8. The van der Waals surface area contributed by atoms with E-state index in [0.29, 0.717) is 43.2 Å². The molecule has 7 heteroatoms. The van der Waals surface area contributed by atoms with E-state index >= 15 is 0 Å². The first-order valence-corrected chi connectivity index (χ1v) is 10.9. The molecule has 0 N–H and O–H groups in total. The van der Waals surface area contributed by atoms with Crippen molar-refractivity contribution in [1.82, 2.24) is 9.80 Å². The lowest BCUT2D eigenvalue weighted by molar-refractivity contribution is -0.132. The minimum Gasteiger partial charge on any atom is -0.339 e. The molecule has 1 fully saturated rings. The molecule has 0 aromatic heterocycles. The highest BCUT2D eigenvalue weighted by atomic mass is 79.9. The van der Waals surface area contributed by atoms with Crippen molar-refractivity contribution in [2.24, 2.45) is 0 Å². The van der Waals surface area contributed by atoms with E-state index in [4.69, 9.17) is 11.6 Å². The van der Waals surface area contributed by atoms with Gasteiger partial charge in [0.25, 0.3) is 5.91 Å². The summed E-state index contributed by atoms with van der Waals surface area (Å²) >= 11 is 11.2. The van der Waals surface area contributed by atoms with Gasteiger partial charge in [0.15, 0.2) is 0 Å². The lowest BCUT2D eigenvalue weighted by Crippen LogP contribution is -2.50. The molecule has 2 aromatic rings. The standard InChI is InChI=1S/C20H20BrClN2O2S/c21-17-6-1-2-7-18(17)27-13-8-19(25)23-9-11-24(12-10-23)20(26)15-4-3-5-16(22)14-15/h1-7,14H,8-13H2. The number of amides is 2. The van der Waals surface area contributed by atoms with Crippen LogP contribution in [0.4, 0.5) is 0 Å². The first-order chi connectivity index (χ1) is 13.0. The Morgan fingerprint density at radius 2 is 1.70 bits per heavy atom. The molecule has 27 heavy (non-hydrogen) atoms. The van der Waals surface area contributed by atoms with Gasteiger partial charge < -0.3 is 9.80 Å². The molecule has 0 radical (unpaired) electrons. The van der Waals surface area contributed by atoms with E-state index in [0.717, 1.165) is 15.1 Å². The van der Waals surface area contributed by atoms with Gasteiger partial charge in [0.05, 0.1) is 0 Å². The highest BCUT2D eigenvalue weighted by Gasteiger charge is 2.24. The van der Waals surface area contributed by atoms with Crippen molar-refractivity contribution in [3.63, 3.8) is 0 Å². The Bertz CT molecular complexity index is 825. The molecule has 0 bridgehead atoms. The van der Waals surface area contributed by atoms with Gasteiger partial charge in [0.1, 0.15) is 0 Å². The predicted molar refractivity (Wildman–Crippen MR) is 113 cm³/mol. The lowest BCUT2D eigenvalue weighted by Gasteiger charge is -2.35. The van der Waals surface area contributed by atoms with E-state index in [1.54, 1.807) is 40.9 Å².